The molecule has 0 radical (unpaired) electrons. The summed E-state index contributed by atoms with van der Waals surface area (Å²) in [5, 5.41) is 0. The van der Waals surface area contributed by atoms with Crippen molar-refractivity contribution in [1.82, 2.24) is 9.62 Å². The van der Waals surface area contributed by atoms with E-state index in [0.717, 1.165) is 5.56 Å². The van der Waals surface area contributed by atoms with Crippen LogP contribution in [0.3, 0.4) is 0 Å². The quantitative estimate of drug-likeness (QED) is 0.697. The zero-order chi connectivity index (χ0) is 20.0. The maximum Gasteiger partial charge on any atom is 0.338 e. The van der Waals surface area contributed by atoms with Crippen molar-refractivity contribution in [1.29, 1.82) is 0 Å². The van der Waals surface area contributed by atoms with Gasteiger partial charge < -0.3 is 9.64 Å². The molecule has 1 atom stereocenters. The highest BCUT2D eigenvalue weighted by atomic mass is 32.2. The number of nitrogens with one attached hydrogen (secondary N) is 1. The molecule has 2 aromatic carbocycles. The van der Waals surface area contributed by atoms with Gasteiger partial charge in [0.25, 0.3) is 0 Å². The molecule has 1 N–H and O–H groups in total. The predicted molar refractivity (Wildman–Crippen MR) is 100 cm³/mol. The Bertz CT molecular complexity index is 866. The highest BCUT2D eigenvalue weighted by Gasteiger charge is 2.20. The Hall–Kier alpha value is -2.29. The molecule has 0 aromatic heterocycles. The number of sulfonamides is 1. The number of carbonyl (C=O) groups is 1. The number of nitrogens with zero attached hydrogens (tertiary/aromatic N) is 1. The zero-order valence-corrected chi connectivity index (χ0v) is 16.3. The van der Waals surface area contributed by atoms with E-state index in [1.54, 1.807) is 19.1 Å². The Morgan fingerprint density at radius 1 is 1.11 bits per heavy atom. The molecule has 0 bridgehead atoms. The third-order valence-electron chi connectivity index (χ3n) is 4.02. The Balaban J connectivity index is 2.12. The number of carbonyl (C=O) groups excluding carboxylic acids is 1. The molecule has 2 rings (SSSR count). The van der Waals surface area contributed by atoms with Gasteiger partial charge in [0.1, 0.15) is 5.82 Å². The average Bonchev–Trinajstić information content (AvgIpc) is 2.63. The minimum absolute atomic E-state index is 0.0483. The SMILES string of the molecule is CCOC(=O)c1ccc(S(=O)(=O)NC[C@H](c2ccc(F)cc2)N(C)C)cc1. The van der Waals surface area contributed by atoms with E-state index < -0.39 is 16.0 Å². The normalized spacial score (nSPS) is 12.8. The molecular formula is C19H23FN2O4S. The van der Waals surface area contributed by atoms with Gasteiger partial charge in [-0.15, -0.1) is 0 Å². The number of hydrogen-bond acceptors (Lipinski definition) is 5. The van der Waals surface area contributed by atoms with Crippen molar-refractivity contribution in [3.8, 4) is 0 Å². The number of rotatable bonds is 8. The summed E-state index contributed by atoms with van der Waals surface area (Å²) in [6, 6.07) is 11.2. The topological polar surface area (TPSA) is 75.7 Å². The Kier molecular flexibility index (Phi) is 7.06. The molecule has 8 heteroatoms. The average molecular weight is 394 g/mol. The van der Waals surface area contributed by atoms with Crippen molar-refractivity contribution in [2.45, 2.75) is 17.9 Å². The summed E-state index contributed by atoms with van der Waals surface area (Å²) in [6.07, 6.45) is 0. The van der Waals surface area contributed by atoms with Crippen molar-refractivity contribution >= 4 is 16.0 Å². The summed E-state index contributed by atoms with van der Waals surface area (Å²) in [4.78, 5) is 13.6. The maximum atomic E-state index is 13.1. The summed E-state index contributed by atoms with van der Waals surface area (Å²) in [7, 11) is -0.131. The lowest BCUT2D eigenvalue weighted by Gasteiger charge is -2.25. The third kappa shape index (κ3) is 5.59. The molecule has 0 amide bonds. The zero-order valence-electron chi connectivity index (χ0n) is 15.5. The molecule has 0 aliphatic rings. The van der Waals surface area contributed by atoms with Crippen molar-refractivity contribution in [3.05, 3.63) is 65.5 Å². The highest BCUT2D eigenvalue weighted by molar-refractivity contribution is 7.89. The fourth-order valence-corrected chi connectivity index (χ4v) is 3.58. The molecule has 0 fully saturated rings. The molecule has 27 heavy (non-hydrogen) atoms. The number of esters is 1. The fourth-order valence-electron chi connectivity index (χ4n) is 2.54. The van der Waals surface area contributed by atoms with Crippen molar-refractivity contribution in [2.75, 3.05) is 27.2 Å². The first kappa shape index (κ1) is 21.0. The Morgan fingerprint density at radius 3 is 2.22 bits per heavy atom. The van der Waals surface area contributed by atoms with Crippen molar-refractivity contribution in [2.24, 2.45) is 0 Å². The molecule has 0 saturated carbocycles. The van der Waals surface area contributed by atoms with E-state index in [4.69, 9.17) is 4.74 Å². The van der Waals surface area contributed by atoms with Crippen LogP contribution in [-0.4, -0.2) is 46.5 Å². The van der Waals surface area contributed by atoms with Gasteiger partial charge in [0.05, 0.1) is 17.1 Å². The van der Waals surface area contributed by atoms with Crippen LogP contribution in [0.4, 0.5) is 4.39 Å². The monoisotopic (exact) mass is 394 g/mol. The van der Waals surface area contributed by atoms with Crippen LogP contribution >= 0.6 is 0 Å². The van der Waals surface area contributed by atoms with E-state index in [2.05, 4.69) is 4.72 Å². The van der Waals surface area contributed by atoms with E-state index >= 15 is 0 Å². The van der Waals surface area contributed by atoms with Crippen LogP contribution in [0.15, 0.2) is 53.4 Å². The summed E-state index contributed by atoms with van der Waals surface area (Å²) < 4.78 is 45.7. The van der Waals surface area contributed by atoms with Crippen molar-refractivity contribution < 1.29 is 22.3 Å². The first-order valence-corrected chi connectivity index (χ1v) is 9.91. The predicted octanol–water partition coefficient (Wildman–Crippen LogP) is 2.58. The van der Waals surface area contributed by atoms with Gasteiger partial charge in [0.2, 0.25) is 10.0 Å². The number of hydrogen-bond donors (Lipinski definition) is 1. The van der Waals surface area contributed by atoms with E-state index in [9.17, 15) is 17.6 Å². The summed E-state index contributed by atoms with van der Waals surface area (Å²) in [6.45, 7) is 2.05. The van der Waals surface area contributed by atoms with Gasteiger partial charge in [-0.2, -0.15) is 0 Å². The van der Waals surface area contributed by atoms with Gasteiger partial charge in [-0.05, 0) is 63.0 Å². The van der Waals surface area contributed by atoms with Crippen LogP contribution in [0.5, 0.6) is 0 Å². The van der Waals surface area contributed by atoms with Crippen LogP contribution in [0, 0.1) is 5.82 Å². The van der Waals surface area contributed by atoms with Gasteiger partial charge in [-0.1, -0.05) is 12.1 Å². The molecule has 146 valence electrons. The standard InChI is InChI=1S/C19H23FN2O4S/c1-4-26-19(23)15-7-11-17(12-8-15)27(24,25)21-13-18(22(2)3)14-5-9-16(20)10-6-14/h5-12,18,21H,4,13H2,1-3H3/t18-/m1/s1. The van der Waals surface area contributed by atoms with Gasteiger partial charge in [-0.25, -0.2) is 22.3 Å². The fraction of sp³-hybridized carbons (Fsp3) is 0.316. The number of benzene rings is 2. The van der Waals surface area contributed by atoms with Crippen LogP contribution in [0.25, 0.3) is 0 Å². The van der Waals surface area contributed by atoms with Crippen LogP contribution in [0.2, 0.25) is 0 Å². The van der Waals surface area contributed by atoms with Gasteiger partial charge in [-0.3, -0.25) is 0 Å². The minimum atomic E-state index is -3.76. The summed E-state index contributed by atoms with van der Waals surface area (Å²) >= 11 is 0. The summed E-state index contributed by atoms with van der Waals surface area (Å²) in [5.41, 5.74) is 1.08. The lowest BCUT2D eigenvalue weighted by Crippen LogP contribution is -2.34. The number of halogens is 1. The molecule has 0 aliphatic heterocycles. The van der Waals surface area contributed by atoms with Gasteiger partial charge in [0.15, 0.2) is 0 Å². The molecule has 0 saturated heterocycles. The lowest BCUT2D eigenvalue weighted by molar-refractivity contribution is 0.0526. The molecular weight excluding hydrogens is 371 g/mol. The molecule has 0 spiro atoms. The molecule has 0 heterocycles. The van der Waals surface area contributed by atoms with E-state index in [-0.39, 0.29) is 35.5 Å². The third-order valence-corrected chi connectivity index (χ3v) is 5.46. The van der Waals surface area contributed by atoms with E-state index in [0.29, 0.717) is 0 Å². The molecule has 0 unspecified atom stereocenters. The number of ether oxygens (including phenoxy) is 1. The number of likely N-dealkylation sites (N-methyl/N-ethyl adjacent to an activating group) is 1. The molecule has 2 aromatic rings. The smallest absolute Gasteiger partial charge is 0.338 e. The minimum Gasteiger partial charge on any atom is -0.462 e. The van der Waals surface area contributed by atoms with Crippen LogP contribution in [-0.2, 0) is 14.8 Å². The molecule has 6 nitrogen and oxygen atoms in total. The lowest BCUT2D eigenvalue weighted by atomic mass is 10.1. The second-order valence-corrected chi connectivity index (χ2v) is 7.89. The van der Waals surface area contributed by atoms with Gasteiger partial charge >= 0.3 is 5.97 Å². The largest absolute Gasteiger partial charge is 0.462 e. The van der Waals surface area contributed by atoms with Crippen molar-refractivity contribution in [3.63, 3.8) is 0 Å². The maximum absolute atomic E-state index is 13.1. The highest BCUT2D eigenvalue weighted by Crippen LogP contribution is 2.19. The van der Waals surface area contributed by atoms with E-state index in [1.165, 1.54) is 36.4 Å². The van der Waals surface area contributed by atoms with Crippen LogP contribution < -0.4 is 4.72 Å². The Morgan fingerprint density at radius 2 is 1.70 bits per heavy atom. The first-order chi connectivity index (χ1) is 12.7. The van der Waals surface area contributed by atoms with E-state index in [1.807, 2.05) is 19.0 Å². The molecule has 0 aliphatic carbocycles. The second-order valence-electron chi connectivity index (χ2n) is 6.13. The first-order valence-electron chi connectivity index (χ1n) is 8.43. The van der Waals surface area contributed by atoms with Crippen LogP contribution in [0.1, 0.15) is 28.9 Å². The Labute approximate surface area is 159 Å². The summed E-state index contributed by atoms with van der Waals surface area (Å²) in [5.74, 6) is -0.850. The van der Waals surface area contributed by atoms with Gasteiger partial charge in [0, 0.05) is 12.6 Å². The second kappa shape index (κ2) is 9.07.